The average Bonchev–Trinajstić information content (AvgIpc) is 2.97. The molecule has 0 fully saturated rings. The Kier molecular flexibility index (Phi) is 4.30. The molecule has 2 heterocycles. The summed E-state index contributed by atoms with van der Waals surface area (Å²) in [5.74, 6) is 0.649. The molecular weight excluding hydrogens is 242 g/mol. The number of furan rings is 1. The van der Waals surface area contributed by atoms with Crippen molar-refractivity contribution in [2.24, 2.45) is 5.73 Å². The van der Waals surface area contributed by atoms with Crippen molar-refractivity contribution in [2.75, 3.05) is 6.54 Å². The van der Waals surface area contributed by atoms with E-state index in [9.17, 15) is 4.79 Å². The lowest BCUT2D eigenvalue weighted by Crippen LogP contribution is -2.30. The zero-order chi connectivity index (χ0) is 13.7. The van der Waals surface area contributed by atoms with E-state index in [0.29, 0.717) is 25.3 Å². The van der Waals surface area contributed by atoms with Gasteiger partial charge in [0.15, 0.2) is 0 Å². The van der Waals surface area contributed by atoms with E-state index < -0.39 is 0 Å². The van der Waals surface area contributed by atoms with E-state index >= 15 is 0 Å². The Morgan fingerprint density at radius 2 is 2.26 bits per heavy atom. The summed E-state index contributed by atoms with van der Waals surface area (Å²) < 4.78 is 5.26. The van der Waals surface area contributed by atoms with Gasteiger partial charge >= 0.3 is 0 Å². The van der Waals surface area contributed by atoms with Crippen molar-refractivity contribution in [3.63, 3.8) is 0 Å². The van der Waals surface area contributed by atoms with Gasteiger partial charge in [0, 0.05) is 19.3 Å². The highest BCUT2D eigenvalue weighted by Gasteiger charge is 2.16. The number of rotatable bonds is 5. The van der Waals surface area contributed by atoms with Crippen LogP contribution in [0.2, 0.25) is 0 Å². The predicted molar refractivity (Wildman–Crippen MR) is 71.3 cm³/mol. The van der Waals surface area contributed by atoms with Crippen LogP contribution in [-0.4, -0.2) is 22.3 Å². The Hall–Kier alpha value is -2.14. The second-order valence-corrected chi connectivity index (χ2v) is 4.15. The van der Waals surface area contributed by atoms with Crippen LogP contribution in [0, 0.1) is 0 Å². The lowest BCUT2D eigenvalue weighted by atomic mass is 10.2. The first kappa shape index (κ1) is 13.3. The van der Waals surface area contributed by atoms with Crippen LogP contribution in [-0.2, 0) is 13.1 Å². The van der Waals surface area contributed by atoms with Gasteiger partial charge < -0.3 is 15.1 Å². The van der Waals surface area contributed by atoms with E-state index in [0.717, 1.165) is 11.3 Å². The smallest absolute Gasteiger partial charge is 0.272 e. The Morgan fingerprint density at radius 1 is 1.42 bits per heavy atom. The van der Waals surface area contributed by atoms with E-state index in [1.807, 2.05) is 25.1 Å². The highest BCUT2D eigenvalue weighted by Crippen LogP contribution is 2.09. The number of carbonyl (C=O) groups is 1. The van der Waals surface area contributed by atoms with Gasteiger partial charge in [-0.1, -0.05) is 6.07 Å². The summed E-state index contributed by atoms with van der Waals surface area (Å²) in [6.07, 6.45) is 3.23. The monoisotopic (exact) mass is 259 g/mol. The van der Waals surface area contributed by atoms with Crippen molar-refractivity contribution in [3.8, 4) is 0 Å². The molecule has 100 valence electrons. The molecule has 0 atom stereocenters. The number of amides is 1. The number of nitrogens with zero attached hydrogens (tertiary/aromatic N) is 2. The van der Waals surface area contributed by atoms with Crippen LogP contribution >= 0.6 is 0 Å². The van der Waals surface area contributed by atoms with Gasteiger partial charge in [0.1, 0.15) is 11.5 Å². The zero-order valence-electron chi connectivity index (χ0n) is 10.9. The molecule has 2 aromatic heterocycles. The molecule has 2 aromatic rings. The lowest BCUT2D eigenvalue weighted by molar-refractivity contribution is 0.0735. The van der Waals surface area contributed by atoms with Gasteiger partial charge in [0.25, 0.3) is 5.91 Å². The predicted octanol–water partition coefficient (Wildman–Crippen LogP) is 1.80. The molecule has 1 amide bonds. The van der Waals surface area contributed by atoms with Crippen LogP contribution < -0.4 is 5.73 Å². The van der Waals surface area contributed by atoms with Crippen LogP contribution in [0.5, 0.6) is 0 Å². The molecule has 0 saturated carbocycles. The topological polar surface area (TPSA) is 72.4 Å². The Balaban J connectivity index is 2.10. The normalized spacial score (nSPS) is 10.4. The quantitative estimate of drug-likeness (QED) is 0.888. The second kappa shape index (κ2) is 6.15. The highest BCUT2D eigenvalue weighted by molar-refractivity contribution is 5.92. The van der Waals surface area contributed by atoms with E-state index in [1.54, 1.807) is 23.4 Å². The van der Waals surface area contributed by atoms with Crippen molar-refractivity contribution in [3.05, 3.63) is 53.7 Å². The largest absolute Gasteiger partial charge is 0.467 e. The van der Waals surface area contributed by atoms with Crippen LogP contribution in [0.25, 0.3) is 0 Å². The molecular formula is C14H17N3O2. The summed E-state index contributed by atoms with van der Waals surface area (Å²) in [5.41, 5.74) is 6.83. The number of pyridine rings is 1. The van der Waals surface area contributed by atoms with Crippen molar-refractivity contribution in [1.29, 1.82) is 0 Å². The highest BCUT2D eigenvalue weighted by atomic mass is 16.3. The van der Waals surface area contributed by atoms with Crippen LogP contribution in [0.3, 0.4) is 0 Å². The molecule has 2 rings (SSSR count). The summed E-state index contributed by atoms with van der Waals surface area (Å²) in [6, 6.07) is 7.18. The van der Waals surface area contributed by atoms with Gasteiger partial charge in [-0.15, -0.1) is 0 Å². The first-order valence-electron chi connectivity index (χ1n) is 6.21. The third-order valence-electron chi connectivity index (χ3n) is 2.88. The standard InChI is InChI=1S/C14H17N3O2/c1-2-17(10-12-4-3-7-19-12)14(18)13-6-5-11(8-15)9-16-13/h3-7,9H,2,8,10,15H2,1H3. The molecule has 0 saturated heterocycles. The second-order valence-electron chi connectivity index (χ2n) is 4.15. The molecule has 0 radical (unpaired) electrons. The Bertz CT molecular complexity index is 520. The van der Waals surface area contributed by atoms with Crippen LogP contribution in [0.1, 0.15) is 28.7 Å². The summed E-state index contributed by atoms with van der Waals surface area (Å²) in [7, 11) is 0. The molecule has 0 aliphatic carbocycles. The van der Waals surface area contributed by atoms with Crippen LogP contribution in [0.15, 0.2) is 41.1 Å². The van der Waals surface area contributed by atoms with E-state index in [4.69, 9.17) is 10.2 Å². The van der Waals surface area contributed by atoms with Gasteiger partial charge in [-0.05, 0) is 30.7 Å². The van der Waals surface area contributed by atoms with Gasteiger partial charge in [-0.2, -0.15) is 0 Å². The molecule has 0 aliphatic heterocycles. The van der Waals surface area contributed by atoms with Crippen LogP contribution in [0.4, 0.5) is 0 Å². The van der Waals surface area contributed by atoms with E-state index in [2.05, 4.69) is 4.98 Å². The van der Waals surface area contributed by atoms with E-state index in [1.165, 1.54) is 0 Å². The first-order chi connectivity index (χ1) is 9.24. The molecule has 0 aliphatic rings. The molecule has 0 bridgehead atoms. The van der Waals surface area contributed by atoms with Gasteiger partial charge in [-0.25, -0.2) is 0 Å². The maximum atomic E-state index is 12.3. The number of carbonyl (C=O) groups excluding carboxylic acids is 1. The van der Waals surface area contributed by atoms with Crippen molar-refractivity contribution < 1.29 is 9.21 Å². The van der Waals surface area contributed by atoms with E-state index in [-0.39, 0.29) is 5.91 Å². The molecule has 5 heteroatoms. The summed E-state index contributed by atoms with van der Waals surface area (Å²) in [4.78, 5) is 18.1. The van der Waals surface area contributed by atoms with Gasteiger partial charge in [0.2, 0.25) is 0 Å². The minimum absolute atomic E-state index is 0.109. The van der Waals surface area contributed by atoms with Crippen molar-refractivity contribution >= 4 is 5.91 Å². The number of hydrogen-bond donors (Lipinski definition) is 1. The zero-order valence-corrected chi connectivity index (χ0v) is 10.9. The summed E-state index contributed by atoms with van der Waals surface area (Å²) in [5, 5.41) is 0. The average molecular weight is 259 g/mol. The fraction of sp³-hybridized carbons (Fsp3) is 0.286. The van der Waals surface area contributed by atoms with Crippen molar-refractivity contribution in [1.82, 2.24) is 9.88 Å². The number of nitrogens with two attached hydrogens (primary N) is 1. The van der Waals surface area contributed by atoms with Gasteiger partial charge in [-0.3, -0.25) is 9.78 Å². The van der Waals surface area contributed by atoms with Gasteiger partial charge in [0.05, 0.1) is 12.8 Å². The number of aromatic nitrogens is 1. The third kappa shape index (κ3) is 3.20. The maximum Gasteiger partial charge on any atom is 0.272 e. The summed E-state index contributed by atoms with van der Waals surface area (Å²) >= 11 is 0. The molecule has 0 spiro atoms. The Labute approximate surface area is 112 Å². The molecule has 0 unspecified atom stereocenters. The summed E-state index contributed by atoms with van der Waals surface area (Å²) in [6.45, 7) is 3.39. The molecule has 2 N–H and O–H groups in total. The third-order valence-corrected chi connectivity index (χ3v) is 2.88. The lowest BCUT2D eigenvalue weighted by Gasteiger charge is -2.19. The van der Waals surface area contributed by atoms with Crippen molar-refractivity contribution in [2.45, 2.75) is 20.0 Å². The minimum Gasteiger partial charge on any atom is -0.467 e. The molecule has 5 nitrogen and oxygen atoms in total. The fourth-order valence-electron chi connectivity index (χ4n) is 1.75. The molecule has 0 aromatic carbocycles. The Morgan fingerprint density at radius 3 is 2.79 bits per heavy atom. The SMILES string of the molecule is CCN(Cc1ccco1)C(=O)c1ccc(CN)cn1. The number of hydrogen-bond acceptors (Lipinski definition) is 4. The first-order valence-corrected chi connectivity index (χ1v) is 6.21. The maximum absolute atomic E-state index is 12.3. The minimum atomic E-state index is -0.109. The fourth-order valence-corrected chi connectivity index (χ4v) is 1.75. The molecule has 19 heavy (non-hydrogen) atoms.